The molecular weight excluding hydrogens is 408 g/mol. The smallest absolute Gasteiger partial charge is 0.260 e. The first-order valence-electron chi connectivity index (χ1n) is 9.61. The lowest BCUT2D eigenvalue weighted by Crippen LogP contribution is -2.37. The van der Waals surface area contributed by atoms with Crippen LogP contribution >= 0.6 is 22.9 Å². The van der Waals surface area contributed by atoms with E-state index >= 15 is 0 Å². The number of carbonyl (C=O) groups is 1. The maximum absolute atomic E-state index is 13.6. The van der Waals surface area contributed by atoms with Gasteiger partial charge in [-0.3, -0.25) is 9.69 Å². The summed E-state index contributed by atoms with van der Waals surface area (Å²) >= 11 is 7.80. The Morgan fingerprint density at radius 3 is 2.86 bits per heavy atom. The van der Waals surface area contributed by atoms with Crippen molar-refractivity contribution in [2.75, 3.05) is 25.2 Å². The highest BCUT2D eigenvalue weighted by atomic mass is 35.5. The molecule has 0 saturated carbocycles. The number of rotatable bonds is 5. The number of aromatic nitrogens is 1. The normalized spacial score (nSPS) is 16.3. The van der Waals surface area contributed by atoms with Crippen LogP contribution in [0.25, 0.3) is 10.2 Å². The van der Waals surface area contributed by atoms with Crippen LogP contribution in [0.3, 0.4) is 0 Å². The molecule has 2 heterocycles. The third kappa shape index (κ3) is 3.97. The maximum Gasteiger partial charge on any atom is 0.260 e. The summed E-state index contributed by atoms with van der Waals surface area (Å²) < 4.78 is 12.1. The second-order valence-electron chi connectivity index (χ2n) is 7.29. The van der Waals surface area contributed by atoms with E-state index in [-0.39, 0.29) is 12.0 Å². The Labute approximate surface area is 179 Å². The molecule has 152 valence electrons. The second-order valence-corrected chi connectivity index (χ2v) is 8.68. The lowest BCUT2D eigenvalue weighted by molar-refractivity contribution is 0.0917. The molecule has 2 aromatic carbocycles. The number of hydrogen-bond acceptors (Lipinski definition) is 5. The van der Waals surface area contributed by atoms with Gasteiger partial charge in [0.1, 0.15) is 11.3 Å². The molecule has 1 aliphatic rings. The van der Waals surface area contributed by atoms with E-state index in [0.717, 1.165) is 35.3 Å². The number of benzene rings is 2. The number of amides is 1. The summed E-state index contributed by atoms with van der Waals surface area (Å²) in [7, 11) is 1.60. The van der Waals surface area contributed by atoms with Gasteiger partial charge in [-0.2, -0.15) is 0 Å². The summed E-state index contributed by atoms with van der Waals surface area (Å²) in [5.74, 6) is 0.565. The van der Waals surface area contributed by atoms with Crippen LogP contribution in [0.15, 0.2) is 30.3 Å². The zero-order valence-electron chi connectivity index (χ0n) is 16.7. The molecule has 3 aromatic rings. The molecule has 1 aromatic heterocycles. The van der Waals surface area contributed by atoms with Gasteiger partial charge < -0.3 is 9.47 Å². The van der Waals surface area contributed by atoms with E-state index in [9.17, 15) is 4.79 Å². The van der Waals surface area contributed by atoms with Crippen LogP contribution < -0.4 is 9.64 Å². The summed E-state index contributed by atoms with van der Waals surface area (Å²) in [6.45, 7) is 5.18. The van der Waals surface area contributed by atoms with Crippen LogP contribution in [0.4, 0.5) is 5.13 Å². The van der Waals surface area contributed by atoms with Gasteiger partial charge in [0.2, 0.25) is 0 Å². The number of aryl methyl sites for hydroxylation is 2. The van der Waals surface area contributed by atoms with Gasteiger partial charge in [-0.15, -0.1) is 0 Å². The van der Waals surface area contributed by atoms with Gasteiger partial charge in [0.05, 0.1) is 29.5 Å². The van der Waals surface area contributed by atoms with E-state index in [1.807, 2.05) is 32.0 Å². The highest BCUT2D eigenvalue weighted by molar-refractivity contribution is 7.23. The van der Waals surface area contributed by atoms with Crippen molar-refractivity contribution in [3.63, 3.8) is 0 Å². The van der Waals surface area contributed by atoms with Crippen molar-refractivity contribution in [1.29, 1.82) is 0 Å². The molecule has 1 fully saturated rings. The van der Waals surface area contributed by atoms with Crippen LogP contribution in [-0.2, 0) is 4.74 Å². The first kappa shape index (κ1) is 20.1. The monoisotopic (exact) mass is 430 g/mol. The Kier molecular flexibility index (Phi) is 5.76. The Hall–Kier alpha value is -2.15. The predicted octanol–water partition coefficient (Wildman–Crippen LogP) is 5.40. The largest absolute Gasteiger partial charge is 0.494 e. The molecule has 5 nitrogen and oxygen atoms in total. The molecule has 4 rings (SSSR count). The molecule has 0 aliphatic carbocycles. The van der Waals surface area contributed by atoms with Crippen molar-refractivity contribution < 1.29 is 14.3 Å². The van der Waals surface area contributed by atoms with Crippen LogP contribution in [-0.4, -0.2) is 37.3 Å². The predicted molar refractivity (Wildman–Crippen MR) is 118 cm³/mol. The average molecular weight is 431 g/mol. The van der Waals surface area contributed by atoms with Gasteiger partial charge >= 0.3 is 0 Å². The van der Waals surface area contributed by atoms with Crippen molar-refractivity contribution in [1.82, 2.24) is 4.98 Å². The second kappa shape index (κ2) is 8.30. The lowest BCUT2D eigenvalue weighted by atomic mass is 10.0. The summed E-state index contributed by atoms with van der Waals surface area (Å²) in [4.78, 5) is 20.0. The molecule has 1 aliphatic heterocycles. The van der Waals surface area contributed by atoms with Gasteiger partial charge in [-0.25, -0.2) is 4.98 Å². The molecule has 0 spiro atoms. The average Bonchev–Trinajstić information content (AvgIpc) is 3.36. The number of ether oxygens (including phenoxy) is 2. The number of halogens is 1. The minimum atomic E-state index is -0.0767. The molecular formula is C22H23ClN2O3S. The van der Waals surface area contributed by atoms with E-state index in [1.165, 1.54) is 11.3 Å². The number of fused-ring (bicyclic) bond motifs is 1. The number of methoxy groups -OCH3 is 1. The summed E-state index contributed by atoms with van der Waals surface area (Å²) in [5, 5.41) is 1.20. The minimum Gasteiger partial charge on any atom is -0.494 e. The number of thiazole rings is 1. The molecule has 1 amide bonds. The highest BCUT2D eigenvalue weighted by Crippen LogP contribution is 2.39. The molecule has 0 bridgehead atoms. The molecule has 0 radical (unpaired) electrons. The van der Waals surface area contributed by atoms with Crippen LogP contribution in [0, 0.1) is 13.8 Å². The van der Waals surface area contributed by atoms with Crippen LogP contribution in [0.5, 0.6) is 5.75 Å². The Balaban J connectivity index is 1.79. The molecule has 1 saturated heterocycles. The van der Waals surface area contributed by atoms with Crippen molar-refractivity contribution in [2.24, 2.45) is 0 Å². The topological polar surface area (TPSA) is 51.7 Å². The summed E-state index contributed by atoms with van der Waals surface area (Å²) in [6, 6.07) is 9.46. The van der Waals surface area contributed by atoms with Crippen molar-refractivity contribution in [2.45, 2.75) is 32.8 Å². The standard InChI is InChI=1S/C22H23ClN2O3S/c1-13-6-7-16(14(2)11-13)21(26)25(12-15-5-4-10-28-15)22-24-19-18(27-3)9-8-17(23)20(19)29-22/h6-9,11,15H,4-5,10,12H2,1-3H3. The van der Waals surface area contributed by atoms with Crippen molar-refractivity contribution >= 4 is 44.2 Å². The van der Waals surface area contributed by atoms with E-state index in [4.69, 9.17) is 26.1 Å². The molecule has 0 N–H and O–H groups in total. The maximum atomic E-state index is 13.6. The first-order chi connectivity index (χ1) is 14.0. The van der Waals surface area contributed by atoms with E-state index in [2.05, 4.69) is 0 Å². The summed E-state index contributed by atoms with van der Waals surface area (Å²) in [6.07, 6.45) is 1.95. The Morgan fingerprint density at radius 1 is 1.34 bits per heavy atom. The molecule has 29 heavy (non-hydrogen) atoms. The van der Waals surface area contributed by atoms with Crippen molar-refractivity contribution in [3.8, 4) is 5.75 Å². The SMILES string of the molecule is COc1ccc(Cl)c2sc(N(CC3CCCO3)C(=O)c3ccc(C)cc3C)nc12. The van der Waals surface area contributed by atoms with Crippen molar-refractivity contribution in [3.05, 3.63) is 52.0 Å². The zero-order chi connectivity index (χ0) is 20.5. The quantitative estimate of drug-likeness (QED) is 0.543. The van der Waals surface area contributed by atoms with Gasteiger partial charge in [0, 0.05) is 12.2 Å². The highest BCUT2D eigenvalue weighted by Gasteiger charge is 2.28. The van der Waals surface area contributed by atoms with Gasteiger partial charge in [-0.05, 0) is 50.5 Å². The zero-order valence-corrected chi connectivity index (χ0v) is 18.3. The minimum absolute atomic E-state index is 0.00841. The molecule has 1 unspecified atom stereocenters. The van der Waals surface area contributed by atoms with Gasteiger partial charge in [0.25, 0.3) is 5.91 Å². The third-order valence-corrected chi connectivity index (χ3v) is 6.70. The number of anilines is 1. The third-order valence-electron chi connectivity index (χ3n) is 5.17. The summed E-state index contributed by atoms with van der Waals surface area (Å²) in [5.41, 5.74) is 3.42. The van der Waals surface area contributed by atoms with Gasteiger partial charge in [0.15, 0.2) is 5.13 Å². The molecule has 7 heteroatoms. The van der Waals surface area contributed by atoms with Gasteiger partial charge in [-0.1, -0.05) is 40.6 Å². The molecule has 1 atom stereocenters. The fourth-order valence-electron chi connectivity index (χ4n) is 3.66. The number of nitrogens with zero attached hydrogens (tertiary/aromatic N) is 2. The first-order valence-corrected chi connectivity index (χ1v) is 10.8. The van der Waals surface area contributed by atoms with Crippen LogP contribution in [0.1, 0.15) is 34.3 Å². The number of hydrogen-bond donors (Lipinski definition) is 0. The fraction of sp³-hybridized carbons (Fsp3) is 0.364. The van der Waals surface area contributed by atoms with Crippen LogP contribution in [0.2, 0.25) is 5.02 Å². The lowest BCUT2D eigenvalue weighted by Gasteiger charge is -2.24. The Morgan fingerprint density at radius 2 is 2.17 bits per heavy atom. The Bertz CT molecular complexity index is 1060. The fourth-order valence-corrected chi connectivity index (χ4v) is 4.92. The van der Waals surface area contributed by atoms with E-state index < -0.39 is 0 Å². The van der Waals surface area contributed by atoms with E-state index in [0.29, 0.717) is 33.5 Å². The van der Waals surface area contributed by atoms with E-state index in [1.54, 1.807) is 24.1 Å². The number of carbonyl (C=O) groups excluding carboxylic acids is 1.